The molecular weight excluding hydrogens is 525 g/mol. The average molecular weight is 561 g/mol. The summed E-state index contributed by atoms with van der Waals surface area (Å²) in [5.74, 6) is -0.218. The van der Waals surface area contributed by atoms with E-state index in [4.69, 9.17) is 27.9 Å². The second kappa shape index (κ2) is 11.1. The third kappa shape index (κ3) is 5.97. The fourth-order valence-electron chi connectivity index (χ4n) is 6.82. The molecule has 1 aromatic carbocycles. The number of nitrogens with zero attached hydrogens (tertiary/aromatic N) is 2. The zero-order valence-electron chi connectivity index (χ0n) is 21.6. The standard InChI is InChI=1S/C29H35Cl2N3O4/c30-20-4-5-25(22(31)13-20)38-17-26(36)34-18-29(7-2-1-3-8-29)14-23(34)27(37)33-21(16-32)12-19-6-9-28(10-11-28)15-24(19)35/h4-5,13,19,21,23H,1-3,6-12,14-15,17-18H2,(H,33,37)/t19-,21-,23-/m0/s1. The highest BCUT2D eigenvalue weighted by molar-refractivity contribution is 6.35. The van der Waals surface area contributed by atoms with Crippen molar-refractivity contribution < 1.29 is 19.1 Å². The normalized spacial score (nSPS) is 26.1. The Balaban J connectivity index is 1.24. The van der Waals surface area contributed by atoms with E-state index in [1.165, 1.54) is 0 Å². The summed E-state index contributed by atoms with van der Waals surface area (Å²) in [6, 6.07) is 5.58. The van der Waals surface area contributed by atoms with Gasteiger partial charge in [-0.3, -0.25) is 14.4 Å². The Kier molecular flexibility index (Phi) is 7.94. The van der Waals surface area contributed by atoms with Crippen LogP contribution in [-0.2, 0) is 14.4 Å². The molecule has 1 N–H and O–H groups in total. The molecule has 1 aliphatic heterocycles. The molecule has 1 aromatic rings. The van der Waals surface area contributed by atoms with Crippen molar-refractivity contribution in [3.05, 3.63) is 28.2 Å². The van der Waals surface area contributed by atoms with E-state index in [-0.39, 0.29) is 41.0 Å². The lowest BCUT2D eigenvalue weighted by Gasteiger charge is -2.33. The summed E-state index contributed by atoms with van der Waals surface area (Å²) in [7, 11) is 0. The molecule has 4 aliphatic rings. The van der Waals surface area contributed by atoms with E-state index in [1.807, 2.05) is 0 Å². The number of carbonyl (C=O) groups is 3. The van der Waals surface area contributed by atoms with Gasteiger partial charge in [0.1, 0.15) is 23.6 Å². The molecule has 0 radical (unpaired) electrons. The number of nitriles is 1. The zero-order valence-corrected chi connectivity index (χ0v) is 23.2. The van der Waals surface area contributed by atoms with Gasteiger partial charge in [-0.15, -0.1) is 0 Å². The molecule has 2 spiro atoms. The molecule has 1 saturated heterocycles. The van der Waals surface area contributed by atoms with Crippen LogP contribution in [0.15, 0.2) is 18.2 Å². The summed E-state index contributed by atoms with van der Waals surface area (Å²) >= 11 is 12.2. The molecule has 0 aromatic heterocycles. The van der Waals surface area contributed by atoms with Crippen molar-refractivity contribution in [2.45, 2.75) is 89.1 Å². The highest BCUT2D eigenvalue weighted by Gasteiger charge is 2.50. The van der Waals surface area contributed by atoms with Crippen LogP contribution in [0.5, 0.6) is 5.75 Å². The molecule has 2 amide bonds. The number of amides is 2. The first-order valence-electron chi connectivity index (χ1n) is 13.8. The number of benzene rings is 1. The Labute approximate surface area is 234 Å². The third-order valence-electron chi connectivity index (χ3n) is 9.27. The van der Waals surface area contributed by atoms with Gasteiger partial charge in [0.15, 0.2) is 6.61 Å². The fourth-order valence-corrected chi connectivity index (χ4v) is 7.29. The highest BCUT2D eigenvalue weighted by atomic mass is 35.5. The summed E-state index contributed by atoms with van der Waals surface area (Å²) < 4.78 is 5.70. The first kappa shape index (κ1) is 27.3. The first-order chi connectivity index (χ1) is 18.2. The second-order valence-corrected chi connectivity index (χ2v) is 12.8. The number of hydrogen-bond donors (Lipinski definition) is 1. The van der Waals surface area contributed by atoms with Crippen molar-refractivity contribution in [1.29, 1.82) is 5.26 Å². The largest absolute Gasteiger partial charge is 0.482 e. The lowest BCUT2D eigenvalue weighted by Crippen LogP contribution is -2.50. The fraction of sp³-hybridized carbons (Fsp3) is 0.655. The Morgan fingerprint density at radius 3 is 2.55 bits per heavy atom. The lowest BCUT2D eigenvalue weighted by atomic mass is 9.72. The van der Waals surface area contributed by atoms with E-state index >= 15 is 0 Å². The molecule has 1 heterocycles. The number of halogens is 2. The molecule has 5 rings (SSSR count). The zero-order chi connectivity index (χ0) is 26.9. The smallest absolute Gasteiger partial charge is 0.261 e. The van der Waals surface area contributed by atoms with Crippen LogP contribution in [0.4, 0.5) is 0 Å². The molecule has 0 unspecified atom stereocenters. The van der Waals surface area contributed by atoms with Crippen LogP contribution < -0.4 is 10.1 Å². The molecule has 9 heteroatoms. The predicted octanol–water partition coefficient (Wildman–Crippen LogP) is 5.47. The van der Waals surface area contributed by atoms with Crippen LogP contribution in [0, 0.1) is 28.1 Å². The minimum atomic E-state index is -0.756. The Bertz CT molecular complexity index is 1140. The van der Waals surface area contributed by atoms with E-state index in [0.29, 0.717) is 41.6 Å². The summed E-state index contributed by atoms with van der Waals surface area (Å²) in [6.07, 6.45) is 10.9. The van der Waals surface area contributed by atoms with Crippen molar-refractivity contribution in [3.8, 4) is 11.8 Å². The Morgan fingerprint density at radius 1 is 1.13 bits per heavy atom. The minimum Gasteiger partial charge on any atom is -0.482 e. The number of ether oxygens (including phenoxy) is 1. The number of rotatable bonds is 7. The van der Waals surface area contributed by atoms with Crippen molar-refractivity contribution in [2.24, 2.45) is 16.7 Å². The van der Waals surface area contributed by atoms with Gasteiger partial charge in [0.25, 0.3) is 5.91 Å². The predicted molar refractivity (Wildman–Crippen MR) is 144 cm³/mol. The number of likely N-dealkylation sites (tertiary alicyclic amines) is 1. The Morgan fingerprint density at radius 2 is 1.89 bits per heavy atom. The third-order valence-corrected chi connectivity index (χ3v) is 9.80. The van der Waals surface area contributed by atoms with E-state index in [1.54, 1.807) is 23.1 Å². The van der Waals surface area contributed by atoms with Crippen molar-refractivity contribution in [2.75, 3.05) is 13.2 Å². The molecule has 38 heavy (non-hydrogen) atoms. The van der Waals surface area contributed by atoms with E-state index < -0.39 is 12.1 Å². The van der Waals surface area contributed by atoms with Gasteiger partial charge < -0.3 is 15.0 Å². The summed E-state index contributed by atoms with van der Waals surface area (Å²) in [5.41, 5.74) is 0.143. The Hall–Kier alpha value is -2.30. The molecular formula is C29H35Cl2N3O4. The summed E-state index contributed by atoms with van der Waals surface area (Å²) in [6.45, 7) is 0.253. The summed E-state index contributed by atoms with van der Waals surface area (Å²) in [4.78, 5) is 41.2. The van der Waals surface area contributed by atoms with E-state index in [0.717, 1.165) is 57.8 Å². The van der Waals surface area contributed by atoms with Gasteiger partial charge in [0.05, 0.1) is 11.1 Å². The van der Waals surface area contributed by atoms with Gasteiger partial charge in [-0.1, -0.05) is 42.5 Å². The molecule has 7 nitrogen and oxygen atoms in total. The topological polar surface area (TPSA) is 99.5 Å². The maximum atomic E-state index is 13.5. The van der Waals surface area contributed by atoms with Crippen LogP contribution in [-0.4, -0.2) is 47.7 Å². The van der Waals surface area contributed by atoms with Crippen LogP contribution in [0.2, 0.25) is 10.0 Å². The SMILES string of the molecule is N#C[C@H](C[C@@H]1CCC2(CC2)CC1=O)NC(=O)[C@@H]1CC2(CCCCC2)CN1C(=O)COc1ccc(Cl)cc1Cl. The highest BCUT2D eigenvalue weighted by Crippen LogP contribution is 2.56. The molecule has 3 atom stereocenters. The monoisotopic (exact) mass is 559 g/mol. The molecule has 0 bridgehead atoms. The first-order valence-corrected chi connectivity index (χ1v) is 14.6. The van der Waals surface area contributed by atoms with Gasteiger partial charge in [0.2, 0.25) is 5.91 Å². The molecule has 4 fully saturated rings. The van der Waals surface area contributed by atoms with E-state index in [2.05, 4.69) is 11.4 Å². The van der Waals surface area contributed by atoms with E-state index in [9.17, 15) is 19.6 Å². The number of hydrogen-bond acceptors (Lipinski definition) is 5. The van der Waals surface area contributed by atoms with Gasteiger partial charge in [-0.05, 0) is 80.4 Å². The average Bonchev–Trinajstić information content (AvgIpc) is 3.54. The van der Waals surface area contributed by atoms with Crippen molar-refractivity contribution >= 4 is 40.8 Å². The van der Waals surface area contributed by atoms with Gasteiger partial charge in [0, 0.05) is 23.9 Å². The molecule has 3 aliphatic carbocycles. The summed E-state index contributed by atoms with van der Waals surface area (Å²) in [5, 5.41) is 13.5. The van der Waals surface area contributed by atoms with Crippen LogP contribution in [0.1, 0.15) is 77.0 Å². The number of nitrogens with one attached hydrogen (secondary N) is 1. The van der Waals surface area contributed by atoms with Crippen LogP contribution in [0.25, 0.3) is 0 Å². The minimum absolute atomic E-state index is 0.0894. The lowest BCUT2D eigenvalue weighted by molar-refractivity contribution is -0.140. The van der Waals surface area contributed by atoms with Crippen LogP contribution >= 0.6 is 23.2 Å². The quantitative estimate of drug-likeness (QED) is 0.477. The van der Waals surface area contributed by atoms with Crippen molar-refractivity contribution in [1.82, 2.24) is 10.2 Å². The second-order valence-electron chi connectivity index (χ2n) is 12.0. The number of carbonyl (C=O) groups excluding carboxylic acids is 3. The van der Waals surface area contributed by atoms with Gasteiger partial charge in [-0.2, -0.15) is 5.26 Å². The molecule has 204 valence electrons. The maximum Gasteiger partial charge on any atom is 0.261 e. The maximum absolute atomic E-state index is 13.5. The van der Waals surface area contributed by atoms with Crippen LogP contribution in [0.3, 0.4) is 0 Å². The molecule has 3 saturated carbocycles. The number of ketones is 1. The van der Waals surface area contributed by atoms with Gasteiger partial charge >= 0.3 is 0 Å². The number of Topliss-reactive ketones (excluding diaryl/α,β-unsaturated/α-hetero) is 1. The van der Waals surface area contributed by atoms with Gasteiger partial charge in [-0.25, -0.2) is 0 Å². The van der Waals surface area contributed by atoms with Crippen molar-refractivity contribution in [3.63, 3.8) is 0 Å².